The highest BCUT2D eigenvalue weighted by Gasteiger charge is 2.21. The molecule has 2 heteroatoms. The number of ether oxygens (including phenoxy) is 1. The molecule has 0 unspecified atom stereocenters. The summed E-state index contributed by atoms with van der Waals surface area (Å²) in [4.78, 5) is 12.0. The average molecular weight is 262 g/mol. The van der Waals surface area contributed by atoms with Gasteiger partial charge < -0.3 is 4.74 Å². The number of Topliss-reactive ketones (excluding diaryl/α,β-unsaturated/α-hetero) is 1. The molecule has 1 aromatic carbocycles. The van der Waals surface area contributed by atoms with Crippen molar-refractivity contribution in [3.05, 3.63) is 29.3 Å². The Balaban J connectivity index is 3.19. The Morgan fingerprint density at radius 1 is 1.26 bits per heavy atom. The van der Waals surface area contributed by atoms with Crippen molar-refractivity contribution < 1.29 is 9.53 Å². The van der Waals surface area contributed by atoms with E-state index >= 15 is 0 Å². The second kappa shape index (κ2) is 6.23. The largest absolute Gasteiger partial charge is 0.491 e. The summed E-state index contributed by atoms with van der Waals surface area (Å²) in [6.07, 6.45) is 1.63. The number of carbonyl (C=O) groups excluding carboxylic acids is 1. The predicted molar refractivity (Wildman–Crippen MR) is 80.1 cm³/mol. The van der Waals surface area contributed by atoms with E-state index in [-0.39, 0.29) is 17.3 Å². The van der Waals surface area contributed by atoms with Crippen LogP contribution in [0.2, 0.25) is 0 Å². The van der Waals surface area contributed by atoms with Crippen LogP contribution in [0.3, 0.4) is 0 Å². The fourth-order valence-corrected chi connectivity index (χ4v) is 2.02. The molecule has 0 aliphatic heterocycles. The molecule has 19 heavy (non-hydrogen) atoms. The third-order valence-corrected chi connectivity index (χ3v) is 2.95. The summed E-state index contributed by atoms with van der Waals surface area (Å²) in [5, 5.41) is 0. The van der Waals surface area contributed by atoms with Gasteiger partial charge >= 0.3 is 0 Å². The minimum absolute atomic E-state index is 0.0350. The molecule has 0 radical (unpaired) electrons. The SMILES string of the molecule is CCCC(=O)c1ccc(OC(C)C)c(C(C)(C)C)c1. The molecular formula is C17H26O2. The molecule has 1 aromatic rings. The third kappa shape index (κ3) is 4.38. The maximum atomic E-state index is 12.0. The summed E-state index contributed by atoms with van der Waals surface area (Å²) in [5.41, 5.74) is 1.86. The van der Waals surface area contributed by atoms with Gasteiger partial charge in [0.05, 0.1) is 6.10 Å². The van der Waals surface area contributed by atoms with E-state index in [1.54, 1.807) is 0 Å². The highest BCUT2D eigenvalue weighted by molar-refractivity contribution is 5.96. The molecule has 0 atom stereocenters. The van der Waals surface area contributed by atoms with Crippen molar-refractivity contribution in [3.8, 4) is 5.75 Å². The first kappa shape index (κ1) is 15.7. The van der Waals surface area contributed by atoms with Crippen molar-refractivity contribution in [3.63, 3.8) is 0 Å². The molecular weight excluding hydrogens is 236 g/mol. The summed E-state index contributed by atoms with van der Waals surface area (Å²) in [7, 11) is 0. The molecule has 0 aromatic heterocycles. The van der Waals surface area contributed by atoms with Gasteiger partial charge in [-0.1, -0.05) is 27.7 Å². The van der Waals surface area contributed by atoms with Crippen molar-refractivity contribution in [2.75, 3.05) is 0 Å². The fraction of sp³-hybridized carbons (Fsp3) is 0.588. The van der Waals surface area contributed by atoms with Crippen LogP contribution in [0.25, 0.3) is 0 Å². The Bertz CT molecular complexity index is 439. The monoisotopic (exact) mass is 262 g/mol. The van der Waals surface area contributed by atoms with Gasteiger partial charge in [0, 0.05) is 17.5 Å². The van der Waals surface area contributed by atoms with Crippen molar-refractivity contribution in [1.29, 1.82) is 0 Å². The molecule has 0 aliphatic rings. The lowest BCUT2D eigenvalue weighted by molar-refractivity contribution is 0.0981. The molecule has 0 amide bonds. The predicted octanol–water partition coefficient (Wildman–Crippen LogP) is 4.75. The molecule has 0 aliphatic carbocycles. The number of carbonyl (C=O) groups is 1. The van der Waals surface area contributed by atoms with Gasteiger partial charge in [-0.3, -0.25) is 4.79 Å². The Labute approximate surface area is 117 Å². The lowest BCUT2D eigenvalue weighted by Gasteiger charge is -2.24. The summed E-state index contributed by atoms with van der Waals surface area (Å²) in [6, 6.07) is 5.81. The number of benzene rings is 1. The zero-order valence-electron chi connectivity index (χ0n) is 13.0. The van der Waals surface area contributed by atoms with Crippen molar-refractivity contribution in [2.45, 2.75) is 65.9 Å². The standard InChI is InChI=1S/C17H26O2/c1-7-8-15(18)13-9-10-16(19-12(2)3)14(11-13)17(4,5)6/h9-12H,7-8H2,1-6H3. The smallest absolute Gasteiger partial charge is 0.162 e. The highest BCUT2D eigenvalue weighted by atomic mass is 16.5. The van der Waals surface area contributed by atoms with Crippen LogP contribution in [0.5, 0.6) is 5.75 Å². The summed E-state index contributed by atoms with van der Waals surface area (Å²) >= 11 is 0. The lowest BCUT2D eigenvalue weighted by Crippen LogP contribution is -2.17. The summed E-state index contributed by atoms with van der Waals surface area (Å²) in [6.45, 7) is 12.5. The molecule has 0 saturated carbocycles. The number of rotatable bonds is 5. The number of hydrogen-bond acceptors (Lipinski definition) is 2. The second-order valence-corrected chi connectivity index (χ2v) is 6.30. The molecule has 0 N–H and O–H groups in total. The molecule has 2 nitrogen and oxygen atoms in total. The van der Waals surface area contributed by atoms with Crippen molar-refractivity contribution in [2.24, 2.45) is 0 Å². The second-order valence-electron chi connectivity index (χ2n) is 6.30. The Morgan fingerprint density at radius 2 is 1.89 bits per heavy atom. The lowest BCUT2D eigenvalue weighted by atomic mass is 9.84. The van der Waals surface area contributed by atoms with E-state index in [4.69, 9.17) is 4.74 Å². The van der Waals surface area contributed by atoms with E-state index in [0.717, 1.165) is 23.3 Å². The van der Waals surface area contributed by atoms with Crippen LogP contribution in [0.15, 0.2) is 18.2 Å². The maximum Gasteiger partial charge on any atom is 0.162 e. The average Bonchev–Trinajstić information content (AvgIpc) is 2.27. The number of hydrogen-bond donors (Lipinski definition) is 0. The van der Waals surface area contributed by atoms with Gasteiger partial charge in [0.15, 0.2) is 5.78 Å². The van der Waals surface area contributed by atoms with Crippen molar-refractivity contribution >= 4 is 5.78 Å². The maximum absolute atomic E-state index is 12.0. The first-order valence-electron chi connectivity index (χ1n) is 7.10. The number of ketones is 1. The molecule has 0 heterocycles. The molecule has 1 rings (SSSR count). The van der Waals surface area contributed by atoms with E-state index in [1.165, 1.54) is 0 Å². The molecule has 0 saturated heterocycles. The quantitative estimate of drug-likeness (QED) is 0.715. The van der Waals surface area contributed by atoms with Gasteiger partial charge in [0.2, 0.25) is 0 Å². The van der Waals surface area contributed by atoms with E-state index in [0.29, 0.717) is 6.42 Å². The van der Waals surface area contributed by atoms with Crippen LogP contribution < -0.4 is 4.74 Å². The Morgan fingerprint density at radius 3 is 2.37 bits per heavy atom. The van der Waals surface area contributed by atoms with Crippen LogP contribution in [0.4, 0.5) is 0 Å². The molecule has 106 valence electrons. The van der Waals surface area contributed by atoms with Gasteiger partial charge in [-0.2, -0.15) is 0 Å². The van der Waals surface area contributed by atoms with Gasteiger partial charge in [0.1, 0.15) is 5.75 Å². The van der Waals surface area contributed by atoms with Crippen LogP contribution in [-0.4, -0.2) is 11.9 Å². The summed E-state index contributed by atoms with van der Waals surface area (Å²) in [5.74, 6) is 1.10. The van der Waals surface area contributed by atoms with Gasteiger partial charge in [-0.05, 0) is 43.9 Å². The normalized spacial score (nSPS) is 11.7. The van der Waals surface area contributed by atoms with Gasteiger partial charge in [-0.25, -0.2) is 0 Å². The zero-order valence-corrected chi connectivity index (χ0v) is 13.0. The van der Waals surface area contributed by atoms with Crippen molar-refractivity contribution in [1.82, 2.24) is 0 Å². The van der Waals surface area contributed by atoms with E-state index < -0.39 is 0 Å². The van der Waals surface area contributed by atoms with Crippen LogP contribution >= 0.6 is 0 Å². The van der Waals surface area contributed by atoms with Crippen LogP contribution in [0, 0.1) is 0 Å². The first-order valence-corrected chi connectivity index (χ1v) is 7.10. The topological polar surface area (TPSA) is 26.3 Å². The van der Waals surface area contributed by atoms with Gasteiger partial charge in [0.25, 0.3) is 0 Å². The van der Waals surface area contributed by atoms with E-state index in [1.807, 2.05) is 39.0 Å². The summed E-state index contributed by atoms with van der Waals surface area (Å²) < 4.78 is 5.86. The first-order chi connectivity index (χ1) is 8.75. The Hall–Kier alpha value is -1.31. The van der Waals surface area contributed by atoms with E-state index in [2.05, 4.69) is 20.8 Å². The van der Waals surface area contributed by atoms with Gasteiger partial charge in [-0.15, -0.1) is 0 Å². The molecule has 0 fully saturated rings. The highest BCUT2D eigenvalue weighted by Crippen LogP contribution is 2.33. The van der Waals surface area contributed by atoms with Crippen LogP contribution in [0.1, 0.15) is 70.3 Å². The minimum Gasteiger partial charge on any atom is -0.491 e. The Kier molecular flexibility index (Phi) is 5.16. The van der Waals surface area contributed by atoms with Crippen LogP contribution in [-0.2, 0) is 5.41 Å². The minimum atomic E-state index is -0.0350. The molecule has 0 bridgehead atoms. The molecule has 0 spiro atoms. The van der Waals surface area contributed by atoms with E-state index in [9.17, 15) is 4.79 Å². The third-order valence-electron chi connectivity index (χ3n) is 2.95. The zero-order chi connectivity index (χ0) is 14.6. The fourth-order valence-electron chi connectivity index (χ4n) is 2.02.